The second kappa shape index (κ2) is 3.58. The van der Waals surface area contributed by atoms with Gasteiger partial charge in [0.1, 0.15) is 0 Å². The number of hydrogen-bond acceptors (Lipinski definition) is 1. The van der Waals surface area contributed by atoms with Crippen molar-refractivity contribution in [2.24, 2.45) is 5.73 Å². The third-order valence-electron chi connectivity index (χ3n) is 2.72. The van der Waals surface area contributed by atoms with E-state index in [4.69, 9.17) is 5.73 Å². The molecule has 0 spiro atoms. The summed E-state index contributed by atoms with van der Waals surface area (Å²) < 4.78 is 1.39. The van der Waals surface area contributed by atoms with Crippen molar-refractivity contribution >= 4 is 22.6 Å². The average molecular weight is 287 g/mol. The molecular formula is C11H14IN. The Labute approximate surface area is 92.9 Å². The Morgan fingerprint density at radius 1 is 1.46 bits per heavy atom. The van der Waals surface area contributed by atoms with Crippen molar-refractivity contribution in [2.45, 2.75) is 32.2 Å². The lowest BCUT2D eigenvalue weighted by Gasteiger charge is -2.23. The number of benzene rings is 1. The smallest absolute Gasteiger partial charge is 0.0298 e. The number of hydrogen-bond donors (Lipinski definition) is 1. The first-order chi connectivity index (χ1) is 6.18. The van der Waals surface area contributed by atoms with Crippen molar-refractivity contribution in [1.29, 1.82) is 0 Å². The highest BCUT2D eigenvalue weighted by molar-refractivity contribution is 14.1. The molecule has 2 rings (SSSR count). The van der Waals surface area contributed by atoms with Gasteiger partial charge in [-0.15, -0.1) is 0 Å². The number of rotatable bonds is 0. The number of nitrogens with two attached hydrogens (primary N) is 1. The molecule has 0 bridgehead atoms. The third kappa shape index (κ3) is 1.74. The van der Waals surface area contributed by atoms with E-state index < -0.39 is 0 Å². The molecule has 1 aromatic rings. The summed E-state index contributed by atoms with van der Waals surface area (Å²) >= 11 is 2.42. The summed E-state index contributed by atoms with van der Waals surface area (Å²) in [7, 11) is 0. The molecule has 1 aliphatic rings. The number of halogens is 1. The SMILES string of the molecule is Cc1cc(I)c2c(c1)C(N)CCC2. The minimum Gasteiger partial charge on any atom is -0.324 e. The lowest BCUT2D eigenvalue weighted by molar-refractivity contribution is 0.568. The van der Waals surface area contributed by atoms with Crippen LogP contribution in [0, 0.1) is 10.5 Å². The normalized spacial score (nSPS) is 21.3. The molecule has 1 atom stereocenters. The summed E-state index contributed by atoms with van der Waals surface area (Å²) in [6.07, 6.45) is 3.60. The van der Waals surface area contributed by atoms with Crippen LogP contribution in [0.4, 0.5) is 0 Å². The van der Waals surface area contributed by atoms with Crippen LogP contribution < -0.4 is 5.73 Å². The highest BCUT2D eigenvalue weighted by atomic mass is 127. The Morgan fingerprint density at radius 2 is 2.23 bits per heavy atom. The van der Waals surface area contributed by atoms with Crippen molar-refractivity contribution in [1.82, 2.24) is 0 Å². The zero-order chi connectivity index (χ0) is 9.42. The summed E-state index contributed by atoms with van der Waals surface area (Å²) in [6.45, 7) is 2.14. The number of aryl methyl sites for hydroxylation is 1. The molecule has 1 aliphatic carbocycles. The predicted octanol–water partition coefficient (Wildman–Crippen LogP) is 2.94. The van der Waals surface area contributed by atoms with Gasteiger partial charge in [-0.1, -0.05) is 6.07 Å². The van der Waals surface area contributed by atoms with Crippen LogP contribution in [0.25, 0.3) is 0 Å². The van der Waals surface area contributed by atoms with E-state index in [1.54, 1.807) is 0 Å². The zero-order valence-corrected chi connectivity index (χ0v) is 9.97. The highest BCUT2D eigenvalue weighted by Gasteiger charge is 2.18. The van der Waals surface area contributed by atoms with Gasteiger partial charge >= 0.3 is 0 Å². The molecule has 0 amide bonds. The van der Waals surface area contributed by atoms with Gasteiger partial charge in [0, 0.05) is 9.61 Å². The average Bonchev–Trinajstić information content (AvgIpc) is 2.07. The summed E-state index contributed by atoms with van der Waals surface area (Å²) in [6, 6.07) is 4.77. The fourth-order valence-corrected chi connectivity index (χ4v) is 3.12. The quantitative estimate of drug-likeness (QED) is 0.729. The van der Waals surface area contributed by atoms with Crippen molar-refractivity contribution in [3.05, 3.63) is 32.4 Å². The lowest BCUT2D eigenvalue weighted by Crippen LogP contribution is -2.18. The minimum atomic E-state index is 0.275. The first-order valence-electron chi connectivity index (χ1n) is 4.73. The molecule has 0 aliphatic heterocycles. The first-order valence-corrected chi connectivity index (χ1v) is 5.81. The minimum absolute atomic E-state index is 0.275. The van der Waals surface area contributed by atoms with Gasteiger partial charge in [-0.05, 0) is 71.5 Å². The van der Waals surface area contributed by atoms with Gasteiger partial charge in [0.15, 0.2) is 0 Å². The van der Waals surface area contributed by atoms with Crippen LogP contribution in [-0.4, -0.2) is 0 Å². The molecule has 0 saturated heterocycles. The van der Waals surface area contributed by atoms with Gasteiger partial charge in [-0.3, -0.25) is 0 Å². The Bertz CT molecular complexity index is 333. The van der Waals surface area contributed by atoms with Gasteiger partial charge in [-0.2, -0.15) is 0 Å². The van der Waals surface area contributed by atoms with Crippen molar-refractivity contribution < 1.29 is 0 Å². The van der Waals surface area contributed by atoms with Crippen LogP contribution in [0.3, 0.4) is 0 Å². The van der Waals surface area contributed by atoms with E-state index in [-0.39, 0.29) is 6.04 Å². The van der Waals surface area contributed by atoms with E-state index in [9.17, 15) is 0 Å². The molecule has 0 fully saturated rings. The van der Waals surface area contributed by atoms with Crippen molar-refractivity contribution in [3.63, 3.8) is 0 Å². The maximum absolute atomic E-state index is 6.08. The van der Waals surface area contributed by atoms with E-state index in [2.05, 4.69) is 41.6 Å². The van der Waals surface area contributed by atoms with Gasteiger partial charge in [0.2, 0.25) is 0 Å². The van der Waals surface area contributed by atoms with Crippen LogP contribution in [0.15, 0.2) is 12.1 Å². The second-order valence-electron chi connectivity index (χ2n) is 3.81. The van der Waals surface area contributed by atoms with E-state index in [0.717, 1.165) is 6.42 Å². The molecule has 1 nitrogen and oxygen atoms in total. The summed E-state index contributed by atoms with van der Waals surface area (Å²) in [5.74, 6) is 0. The van der Waals surface area contributed by atoms with E-state index >= 15 is 0 Å². The first kappa shape index (κ1) is 9.46. The van der Waals surface area contributed by atoms with Crippen LogP contribution >= 0.6 is 22.6 Å². The van der Waals surface area contributed by atoms with E-state index in [0.29, 0.717) is 0 Å². The fourth-order valence-electron chi connectivity index (χ4n) is 2.05. The van der Waals surface area contributed by atoms with Crippen LogP contribution in [0.2, 0.25) is 0 Å². The molecule has 1 unspecified atom stereocenters. The van der Waals surface area contributed by atoms with Crippen LogP contribution in [0.5, 0.6) is 0 Å². The molecule has 2 N–H and O–H groups in total. The second-order valence-corrected chi connectivity index (χ2v) is 4.98. The maximum atomic E-state index is 6.08. The Balaban J connectivity index is 2.56. The molecule has 0 saturated carbocycles. The summed E-state index contributed by atoms with van der Waals surface area (Å²) in [5.41, 5.74) is 10.3. The predicted molar refractivity (Wildman–Crippen MR) is 63.8 cm³/mol. The molecule has 0 heterocycles. The van der Waals surface area contributed by atoms with Crippen LogP contribution in [-0.2, 0) is 6.42 Å². The fraction of sp³-hybridized carbons (Fsp3) is 0.455. The third-order valence-corrected chi connectivity index (χ3v) is 3.68. The molecule has 0 aromatic heterocycles. The van der Waals surface area contributed by atoms with E-state index in [1.807, 2.05) is 0 Å². The van der Waals surface area contributed by atoms with Crippen molar-refractivity contribution in [3.8, 4) is 0 Å². The van der Waals surface area contributed by atoms with Gasteiger partial charge in [-0.25, -0.2) is 0 Å². The molecular weight excluding hydrogens is 273 g/mol. The van der Waals surface area contributed by atoms with E-state index in [1.165, 1.54) is 33.1 Å². The monoisotopic (exact) mass is 287 g/mol. The van der Waals surface area contributed by atoms with Gasteiger partial charge < -0.3 is 5.73 Å². The molecule has 1 aromatic carbocycles. The Kier molecular flexibility index (Phi) is 2.60. The number of fused-ring (bicyclic) bond motifs is 1. The van der Waals surface area contributed by atoms with Gasteiger partial charge in [0.05, 0.1) is 0 Å². The standard InChI is InChI=1S/C11H14IN/c1-7-5-9-8(10(12)6-7)3-2-4-11(9)13/h5-6,11H,2-4,13H2,1H3. The topological polar surface area (TPSA) is 26.0 Å². The maximum Gasteiger partial charge on any atom is 0.0298 e. The van der Waals surface area contributed by atoms with Crippen LogP contribution in [0.1, 0.15) is 35.6 Å². The Hall–Kier alpha value is -0.0900. The Morgan fingerprint density at radius 3 is 3.00 bits per heavy atom. The largest absolute Gasteiger partial charge is 0.324 e. The molecule has 70 valence electrons. The van der Waals surface area contributed by atoms with Gasteiger partial charge in [0.25, 0.3) is 0 Å². The molecule has 13 heavy (non-hydrogen) atoms. The van der Waals surface area contributed by atoms with Crippen molar-refractivity contribution in [2.75, 3.05) is 0 Å². The molecule has 0 radical (unpaired) electrons. The summed E-state index contributed by atoms with van der Waals surface area (Å²) in [5, 5.41) is 0. The lowest BCUT2D eigenvalue weighted by atomic mass is 9.87. The summed E-state index contributed by atoms with van der Waals surface area (Å²) in [4.78, 5) is 0. The molecule has 2 heteroatoms. The zero-order valence-electron chi connectivity index (χ0n) is 7.81. The highest BCUT2D eigenvalue weighted by Crippen LogP contribution is 2.31.